The Hall–Kier alpha value is -0.900. The summed E-state index contributed by atoms with van der Waals surface area (Å²) in [6.07, 6.45) is 0. The molecule has 1 saturated heterocycles. The normalized spacial score (nSPS) is 19.2. The topological polar surface area (TPSA) is 41.3 Å². The number of piperazine rings is 1. The first-order valence-electron chi connectivity index (χ1n) is 6.42. The van der Waals surface area contributed by atoms with Crippen LogP contribution in [-0.2, 0) is 0 Å². The Morgan fingerprint density at radius 3 is 2.71 bits per heavy atom. The maximum Gasteiger partial charge on any atom is 0.0427 e. The fourth-order valence-electron chi connectivity index (χ4n) is 2.43. The van der Waals surface area contributed by atoms with Crippen molar-refractivity contribution in [3.63, 3.8) is 0 Å². The first-order valence-corrected chi connectivity index (χ1v) is 6.42. The van der Waals surface area contributed by atoms with Crippen LogP contribution in [0.2, 0.25) is 0 Å². The summed E-state index contributed by atoms with van der Waals surface area (Å²) in [5.41, 5.74) is 10.2. The molecule has 1 aliphatic heterocycles. The molecule has 1 heterocycles. The van der Waals surface area contributed by atoms with Crippen LogP contribution in [-0.4, -0.2) is 37.6 Å². The van der Waals surface area contributed by atoms with Crippen molar-refractivity contribution < 1.29 is 0 Å². The zero-order valence-corrected chi connectivity index (χ0v) is 10.9. The van der Waals surface area contributed by atoms with Gasteiger partial charge in [-0.2, -0.15) is 0 Å². The lowest BCUT2D eigenvalue weighted by molar-refractivity contribution is 0.228. The van der Waals surface area contributed by atoms with Gasteiger partial charge in [0, 0.05) is 38.8 Å². The van der Waals surface area contributed by atoms with E-state index in [9.17, 15) is 0 Å². The molecule has 17 heavy (non-hydrogen) atoms. The molecule has 1 aliphatic rings. The lowest BCUT2D eigenvalue weighted by Crippen LogP contribution is -2.46. The Morgan fingerprint density at radius 2 is 2.00 bits per heavy atom. The number of hydrogen-bond acceptors (Lipinski definition) is 3. The van der Waals surface area contributed by atoms with Gasteiger partial charge in [-0.3, -0.25) is 4.90 Å². The molecule has 0 aromatic heterocycles. The van der Waals surface area contributed by atoms with Gasteiger partial charge in [0.25, 0.3) is 0 Å². The van der Waals surface area contributed by atoms with Crippen LogP contribution < -0.4 is 11.1 Å². The van der Waals surface area contributed by atoms with E-state index in [0.29, 0.717) is 0 Å². The van der Waals surface area contributed by atoms with E-state index in [1.54, 1.807) is 0 Å². The molecule has 0 radical (unpaired) electrons. The molecule has 3 N–H and O–H groups in total. The quantitative estimate of drug-likeness (QED) is 0.824. The lowest BCUT2D eigenvalue weighted by Gasteiger charge is -2.30. The van der Waals surface area contributed by atoms with Crippen molar-refractivity contribution >= 4 is 0 Å². The van der Waals surface area contributed by atoms with Crippen LogP contribution in [0.15, 0.2) is 18.2 Å². The summed E-state index contributed by atoms with van der Waals surface area (Å²) in [6.45, 7) is 9.62. The third kappa shape index (κ3) is 3.28. The number of rotatable bonds is 3. The summed E-state index contributed by atoms with van der Waals surface area (Å²) < 4.78 is 0. The van der Waals surface area contributed by atoms with Crippen molar-refractivity contribution in [1.82, 2.24) is 10.2 Å². The van der Waals surface area contributed by atoms with Gasteiger partial charge in [0.1, 0.15) is 0 Å². The van der Waals surface area contributed by atoms with Crippen molar-refractivity contribution in [3.8, 4) is 0 Å². The fourth-order valence-corrected chi connectivity index (χ4v) is 2.43. The Labute approximate surface area is 104 Å². The second-order valence-electron chi connectivity index (χ2n) is 5.02. The van der Waals surface area contributed by atoms with Gasteiger partial charge in [-0.1, -0.05) is 23.8 Å². The van der Waals surface area contributed by atoms with Gasteiger partial charge in [0.15, 0.2) is 0 Å². The minimum absolute atomic E-state index is 0.132. The van der Waals surface area contributed by atoms with E-state index in [1.165, 1.54) is 16.7 Å². The smallest absolute Gasteiger partial charge is 0.0427 e. The molecule has 3 nitrogen and oxygen atoms in total. The van der Waals surface area contributed by atoms with E-state index in [4.69, 9.17) is 5.73 Å². The van der Waals surface area contributed by atoms with Gasteiger partial charge in [-0.05, 0) is 25.0 Å². The van der Waals surface area contributed by atoms with E-state index in [1.807, 2.05) is 0 Å². The molecule has 0 amide bonds. The van der Waals surface area contributed by atoms with Gasteiger partial charge in [-0.25, -0.2) is 0 Å². The summed E-state index contributed by atoms with van der Waals surface area (Å²) in [7, 11) is 0. The first kappa shape index (κ1) is 12.6. The zero-order valence-electron chi connectivity index (χ0n) is 10.9. The van der Waals surface area contributed by atoms with Crippen LogP contribution in [0.4, 0.5) is 0 Å². The third-order valence-corrected chi connectivity index (χ3v) is 3.50. The van der Waals surface area contributed by atoms with Crippen LogP contribution in [0.1, 0.15) is 22.7 Å². The number of nitrogens with zero attached hydrogens (tertiary/aromatic N) is 1. The first-order chi connectivity index (χ1) is 8.16. The van der Waals surface area contributed by atoms with E-state index < -0.39 is 0 Å². The average molecular weight is 233 g/mol. The fraction of sp³-hybridized carbons (Fsp3) is 0.571. The standard InChI is InChI=1S/C14H23N3/c1-11-3-4-12(2)13(9-11)14(15)10-17-7-5-16-6-8-17/h3-4,9,14,16H,5-8,10,15H2,1-2H3. The Balaban J connectivity index is 2.02. The van der Waals surface area contributed by atoms with Crippen LogP contribution in [0.25, 0.3) is 0 Å². The number of aryl methyl sites for hydroxylation is 2. The van der Waals surface area contributed by atoms with Crippen molar-refractivity contribution in [2.75, 3.05) is 32.7 Å². The molecule has 1 unspecified atom stereocenters. The van der Waals surface area contributed by atoms with Gasteiger partial charge in [-0.15, -0.1) is 0 Å². The maximum atomic E-state index is 6.33. The van der Waals surface area contributed by atoms with E-state index in [2.05, 4.69) is 42.3 Å². The minimum Gasteiger partial charge on any atom is -0.323 e. The molecule has 3 heteroatoms. The van der Waals surface area contributed by atoms with E-state index in [-0.39, 0.29) is 6.04 Å². The molecular weight excluding hydrogens is 210 g/mol. The predicted octanol–water partition coefficient (Wildman–Crippen LogP) is 1.21. The molecule has 1 aromatic rings. The Bertz CT molecular complexity index is 370. The summed E-state index contributed by atoms with van der Waals surface area (Å²) in [5, 5.41) is 3.37. The maximum absolute atomic E-state index is 6.33. The van der Waals surface area contributed by atoms with Gasteiger partial charge in [0.05, 0.1) is 0 Å². The molecule has 0 saturated carbocycles. The van der Waals surface area contributed by atoms with Gasteiger partial charge < -0.3 is 11.1 Å². The highest BCUT2D eigenvalue weighted by Crippen LogP contribution is 2.18. The van der Waals surface area contributed by atoms with E-state index >= 15 is 0 Å². The highest BCUT2D eigenvalue weighted by Gasteiger charge is 2.15. The predicted molar refractivity (Wildman–Crippen MR) is 72.2 cm³/mol. The highest BCUT2D eigenvalue weighted by atomic mass is 15.2. The van der Waals surface area contributed by atoms with Crippen LogP contribution in [0, 0.1) is 13.8 Å². The number of benzene rings is 1. The molecule has 0 spiro atoms. The second-order valence-corrected chi connectivity index (χ2v) is 5.02. The number of nitrogens with one attached hydrogen (secondary N) is 1. The van der Waals surface area contributed by atoms with Crippen molar-refractivity contribution in [2.45, 2.75) is 19.9 Å². The average Bonchev–Trinajstić information content (AvgIpc) is 2.33. The SMILES string of the molecule is Cc1ccc(C)c(C(N)CN2CCNCC2)c1. The zero-order chi connectivity index (χ0) is 12.3. The minimum atomic E-state index is 0.132. The van der Waals surface area contributed by atoms with Crippen molar-refractivity contribution in [3.05, 3.63) is 34.9 Å². The molecule has 2 rings (SSSR count). The summed E-state index contributed by atoms with van der Waals surface area (Å²) >= 11 is 0. The summed E-state index contributed by atoms with van der Waals surface area (Å²) in [6, 6.07) is 6.67. The molecular formula is C14H23N3. The van der Waals surface area contributed by atoms with Crippen molar-refractivity contribution in [1.29, 1.82) is 0 Å². The molecule has 0 bridgehead atoms. The van der Waals surface area contributed by atoms with Gasteiger partial charge >= 0.3 is 0 Å². The molecule has 94 valence electrons. The lowest BCUT2D eigenvalue weighted by atomic mass is 9.99. The monoisotopic (exact) mass is 233 g/mol. The summed E-state index contributed by atoms with van der Waals surface area (Å²) in [4.78, 5) is 2.45. The van der Waals surface area contributed by atoms with Crippen LogP contribution >= 0.6 is 0 Å². The Morgan fingerprint density at radius 1 is 1.29 bits per heavy atom. The number of hydrogen-bond donors (Lipinski definition) is 2. The Kier molecular flexibility index (Phi) is 4.15. The van der Waals surface area contributed by atoms with E-state index in [0.717, 1.165) is 32.7 Å². The summed E-state index contributed by atoms with van der Waals surface area (Å²) in [5.74, 6) is 0. The van der Waals surface area contributed by atoms with Crippen molar-refractivity contribution in [2.24, 2.45) is 5.73 Å². The second kappa shape index (κ2) is 5.63. The molecule has 1 fully saturated rings. The van der Waals surface area contributed by atoms with Crippen LogP contribution in [0.3, 0.4) is 0 Å². The largest absolute Gasteiger partial charge is 0.323 e. The van der Waals surface area contributed by atoms with Gasteiger partial charge in [0.2, 0.25) is 0 Å². The third-order valence-electron chi connectivity index (χ3n) is 3.50. The molecule has 1 aromatic carbocycles. The number of nitrogens with two attached hydrogens (primary N) is 1. The van der Waals surface area contributed by atoms with Crippen LogP contribution in [0.5, 0.6) is 0 Å². The molecule has 0 aliphatic carbocycles. The molecule has 1 atom stereocenters. The highest BCUT2D eigenvalue weighted by molar-refractivity contribution is 5.33.